The van der Waals surface area contributed by atoms with Crippen LogP contribution >= 0.6 is 23.1 Å². The van der Waals surface area contributed by atoms with Gasteiger partial charge in [-0.05, 0) is 106 Å². The molecule has 0 amide bonds. The molecule has 5 rings (SSSR count). The zero-order valence-corrected chi connectivity index (χ0v) is 25.5. The highest BCUT2D eigenvalue weighted by Gasteiger charge is 2.33. The lowest BCUT2D eigenvalue weighted by molar-refractivity contribution is -0.139. The molecule has 0 aliphatic carbocycles. The second-order valence-corrected chi connectivity index (χ2v) is 11.9. The molecule has 0 radical (unpaired) electrons. The molecule has 4 aromatic rings. The maximum atomic E-state index is 14.0. The summed E-state index contributed by atoms with van der Waals surface area (Å²) in [5.74, 6) is -0.450. The van der Waals surface area contributed by atoms with Crippen LogP contribution in [-0.2, 0) is 9.53 Å². The van der Waals surface area contributed by atoms with Gasteiger partial charge in [0, 0.05) is 22.0 Å². The molecule has 0 saturated carbocycles. The van der Waals surface area contributed by atoms with Crippen LogP contribution in [0.4, 0.5) is 0 Å². The Bertz CT molecular complexity index is 1840. The number of ether oxygens (including phenoxy) is 1. The fourth-order valence-corrected chi connectivity index (χ4v) is 6.68. The summed E-state index contributed by atoms with van der Waals surface area (Å²) in [7, 11) is 0. The largest absolute Gasteiger partial charge is 0.463 e. The summed E-state index contributed by atoms with van der Waals surface area (Å²) in [4.78, 5) is 33.5. The molecule has 1 aliphatic heterocycles. The molecule has 8 heteroatoms. The highest BCUT2D eigenvalue weighted by molar-refractivity contribution is 7.98. The quantitative estimate of drug-likeness (QED) is 0.225. The van der Waals surface area contributed by atoms with E-state index >= 15 is 0 Å². The minimum atomic E-state index is -0.615. The van der Waals surface area contributed by atoms with Gasteiger partial charge in [-0.25, -0.2) is 9.79 Å². The van der Waals surface area contributed by atoms with Crippen molar-refractivity contribution >= 4 is 35.1 Å². The maximum Gasteiger partial charge on any atom is 0.338 e. The molecule has 1 atom stereocenters. The van der Waals surface area contributed by atoms with Crippen molar-refractivity contribution in [3.8, 4) is 5.69 Å². The summed E-state index contributed by atoms with van der Waals surface area (Å²) in [5.41, 5.74) is 8.34. The van der Waals surface area contributed by atoms with Gasteiger partial charge >= 0.3 is 5.97 Å². The zero-order chi connectivity index (χ0) is 28.7. The molecule has 0 unspecified atom stereocenters. The van der Waals surface area contributed by atoms with Gasteiger partial charge < -0.3 is 9.30 Å². The second-order valence-electron chi connectivity index (χ2n) is 10.0. The summed E-state index contributed by atoms with van der Waals surface area (Å²) in [6.45, 7) is 12.2. The fraction of sp³-hybridized carbons (Fsp3) is 0.281. The van der Waals surface area contributed by atoms with E-state index in [0.29, 0.717) is 20.6 Å². The van der Waals surface area contributed by atoms with Crippen LogP contribution in [0.3, 0.4) is 0 Å². The van der Waals surface area contributed by atoms with Crippen LogP contribution in [0, 0.1) is 27.7 Å². The van der Waals surface area contributed by atoms with Crippen molar-refractivity contribution in [1.29, 1.82) is 0 Å². The third kappa shape index (κ3) is 4.90. The lowest BCUT2D eigenvalue weighted by atomic mass is 9.96. The van der Waals surface area contributed by atoms with Gasteiger partial charge in [-0.3, -0.25) is 9.36 Å². The Morgan fingerprint density at radius 2 is 1.77 bits per heavy atom. The van der Waals surface area contributed by atoms with E-state index in [0.717, 1.165) is 33.1 Å². The van der Waals surface area contributed by atoms with E-state index in [1.165, 1.54) is 22.5 Å². The van der Waals surface area contributed by atoms with Crippen molar-refractivity contribution in [2.75, 3.05) is 12.9 Å². The van der Waals surface area contributed by atoms with E-state index < -0.39 is 12.0 Å². The normalized spacial score (nSPS) is 15.3. The van der Waals surface area contributed by atoms with Crippen molar-refractivity contribution in [3.63, 3.8) is 0 Å². The van der Waals surface area contributed by atoms with E-state index in [9.17, 15) is 9.59 Å². The number of carbonyl (C=O) groups excluding carboxylic acids is 1. The Balaban J connectivity index is 1.68. The number of aryl methyl sites for hydroxylation is 3. The lowest BCUT2D eigenvalue weighted by Gasteiger charge is -2.24. The number of fused-ring (bicyclic) bond motifs is 1. The number of nitrogens with zero attached hydrogens (tertiary/aromatic N) is 3. The molecule has 0 N–H and O–H groups in total. The summed E-state index contributed by atoms with van der Waals surface area (Å²) in [5, 5.41) is 0. The molecular weight excluding hydrogens is 539 g/mol. The first kappa shape index (κ1) is 27.9. The van der Waals surface area contributed by atoms with E-state index in [1.54, 1.807) is 23.3 Å². The molecule has 6 nitrogen and oxygen atoms in total. The Kier molecular flexibility index (Phi) is 7.75. The minimum Gasteiger partial charge on any atom is -0.463 e. The highest BCUT2D eigenvalue weighted by Crippen LogP contribution is 2.32. The van der Waals surface area contributed by atoms with Crippen LogP contribution in [0.25, 0.3) is 11.8 Å². The molecule has 1 aliphatic rings. The maximum absolute atomic E-state index is 14.0. The van der Waals surface area contributed by atoms with Gasteiger partial charge in [-0.15, -0.1) is 11.8 Å². The Labute approximate surface area is 242 Å². The monoisotopic (exact) mass is 571 g/mol. The Hall–Kier alpha value is -3.62. The smallest absolute Gasteiger partial charge is 0.338 e. The van der Waals surface area contributed by atoms with Gasteiger partial charge in [0.1, 0.15) is 0 Å². The van der Waals surface area contributed by atoms with E-state index in [2.05, 4.69) is 56.5 Å². The molecule has 2 aromatic heterocycles. The summed E-state index contributed by atoms with van der Waals surface area (Å²) in [6.07, 6.45) is 3.96. The average Bonchev–Trinajstić information content (AvgIpc) is 3.38. The Morgan fingerprint density at radius 3 is 2.42 bits per heavy atom. The van der Waals surface area contributed by atoms with Crippen LogP contribution in [0.2, 0.25) is 0 Å². The third-order valence-electron chi connectivity index (χ3n) is 7.45. The topological polar surface area (TPSA) is 65.6 Å². The first-order valence-electron chi connectivity index (χ1n) is 13.2. The second kappa shape index (κ2) is 11.1. The van der Waals surface area contributed by atoms with Crippen molar-refractivity contribution in [2.45, 2.75) is 52.5 Å². The first-order chi connectivity index (χ1) is 19.1. The number of aromatic nitrogens is 2. The van der Waals surface area contributed by atoms with Crippen LogP contribution in [-0.4, -0.2) is 28.0 Å². The van der Waals surface area contributed by atoms with Crippen molar-refractivity contribution < 1.29 is 9.53 Å². The SMILES string of the molecule is CCOC(=O)C1=C(C)N=c2s/c(=C/c3cc(C)n(-c4ccc(C)c(C)c4)c3C)c(=O)n2[C@@H]1c1ccc(SC)cc1. The predicted octanol–water partition coefficient (Wildman–Crippen LogP) is 5.54. The number of thioether (sulfide) groups is 1. The summed E-state index contributed by atoms with van der Waals surface area (Å²) in [6, 6.07) is 15.9. The van der Waals surface area contributed by atoms with E-state index in [-0.39, 0.29) is 12.2 Å². The van der Waals surface area contributed by atoms with Gasteiger partial charge in [0.2, 0.25) is 0 Å². The fourth-order valence-electron chi connectivity index (χ4n) is 5.23. The molecule has 206 valence electrons. The first-order valence-corrected chi connectivity index (χ1v) is 15.3. The minimum absolute atomic E-state index is 0.173. The average molecular weight is 572 g/mol. The van der Waals surface area contributed by atoms with Crippen molar-refractivity contribution in [1.82, 2.24) is 9.13 Å². The number of rotatable bonds is 6. The third-order valence-corrected chi connectivity index (χ3v) is 9.18. The van der Waals surface area contributed by atoms with Gasteiger partial charge in [-0.2, -0.15) is 0 Å². The van der Waals surface area contributed by atoms with Crippen LogP contribution in [0.15, 0.2) is 74.5 Å². The number of hydrogen-bond acceptors (Lipinski definition) is 6. The molecule has 3 heterocycles. The molecular formula is C32H33N3O3S2. The highest BCUT2D eigenvalue weighted by atomic mass is 32.2. The van der Waals surface area contributed by atoms with E-state index in [4.69, 9.17) is 9.73 Å². The van der Waals surface area contributed by atoms with Gasteiger partial charge in [0.05, 0.1) is 28.5 Å². The number of thiazole rings is 1. The van der Waals surface area contributed by atoms with Crippen LogP contribution in [0.1, 0.15) is 53.5 Å². The number of hydrogen-bond donors (Lipinski definition) is 0. The van der Waals surface area contributed by atoms with Gasteiger partial charge in [-0.1, -0.05) is 29.5 Å². The molecule has 0 saturated heterocycles. The summed E-state index contributed by atoms with van der Waals surface area (Å²) >= 11 is 2.99. The van der Waals surface area contributed by atoms with Crippen LogP contribution < -0.4 is 14.9 Å². The summed E-state index contributed by atoms with van der Waals surface area (Å²) < 4.78 is 9.85. The number of benzene rings is 2. The molecule has 40 heavy (non-hydrogen) atoms. The zero-order valence-electron chi connectivity index (χ0n) is 23.9. The lowest BCUT2D eigenvalue weighted by Crippen LogP contribution is -2.39. The van der Waals surface area contributed by atoms with E-state index in [1.807, 2.05) is 43.5 Å². The molecule has 2 aromatic carbocycles. The van der Waals surface area contributed by atoms with Crippen molar-refractivity contribution in [2.24, 2.45) is 4.99 Å². The van der Waals surface area contributed by atoms with Gasteiger partial charge in [0.25, 0.3) is 5.56 Å². The Morgan fingerprint density at radius 1 is 1.05 bits per heavy atom. The van der Waals surface area contributed by atoms with Gasteiger partial charge in [0.15, 0.2) is 4.80 Å². The molecule has 0 fully saturated rings. The standard InChI is InChI=1S/C32H33N3O3S2/c1-8-38-31(37)28-21(5)33-32-35(29(28)23-10-13-26(39-7)14-11-23)30(36)27(40-32)17-24-16-20(4)34(22(24)6)25-12-9-18(2)19(3)15-25/h9-17,29H,8H2,1-7H3/b27-17+/t29-/m1/s1. The predicted molar refractivity (Wildman–Crippen MR) is 163 cm³/mol. The van der Waals surface area contributed by atoms with Crippen LogP contribution in [0.5, 0.6) is 0 Å². The molecule has 0 spiro atoms. The number of carbonyl (C=O) groups is 1. The molecule has 0 bridgehead atoms. The number of allylic oxidation sites excluding steroid dienone is 1. The van der Waals surface area contributed by atoms with Crippen molar-refractivity contribution in [3.05, 3.63) is 113 Å². The number of esters is 1.